The Morgan fingerprint density at radius 2 is 1.81 bits per heavy atom. The van der Waals surface area contributed by atoms with Crippen LogP contribution in [0.5, 0.6) is 0 Å². The van der Waals surface area contributed by atoms with Crippen LogP contribution in [-0.2, 0) is 15.6 Å². The lowest BCUT2D eigenvalue weighted by Crippen LogP contribution is -2.00. The summed E-state index contributed by atoms with van der Waals surface area (Å²) in [7, 11) is -3.37. The predicted molar refractivity (Wildman–Crippen MR) is 91.7 cm³/mol. The summed E-state index contributed by atoms with van der Waals surface area (Å²) in [6.45, 7) is 0. The molecule has 0 radical (unpaired) electrons. The largest absolute Gasteiger partial charge is 0.398 e. The van der Waals surface area contributed by atoms with Crippen LogP contribution >= 0.6 is 27.5 Å². The van der Waals surface area contributed by atoms with Crippen LogP contribution in [0, 0.1) is 0 Å². The van der Waals surface area contributed by atoms with Gasteiger partial charge in [0.15, 0.2) is 9.84 Å². The molecular weight excluding hydrogens is 374 g/mol. The first-order valence-electron chi connectivity index (χ1n) is 6.06. The summed E-state index contributed by atoms with van der Waals surface area (Å²) in [6.07, 6.45) is 1.47. The molecule has 2 aromatic carbocycles. The second kappa shape index (κ2) is 6.64. The van der Waals surface area contributed by atoms with E-state index in [1.54, 1.807) is 30.3 Å². The Balaban J connectivity index is 2.18. The molecule has 0 unspecified atom stereocenters. The van der Waals surface area contributed by atoms with Crippen molar-refractivity contribution in [1.82, 2.24) is 0 Å². The SMILES string of the molecule is Nc1ccc(Cl)cc1/C=C/S(=O)(=O)Cc1ccc(Br)cc1. The van der Waals surface area contributed by atoms with Crippen molar-refractivity contribution in [2.75, 3.05) is 5.73 Å². The van der Waals surface area contributed by atoms with Crippen molar-refractivity contribution in [2.24, 2.45) is 0 Å². The van der Waals surface area contributed by atoms with E-state index in [-0.39, 0.29) is 5.75 Å². The Bertz CT molecular complexity index is 771. The van der Waals surface area contributed by atoms with Gasteiger partial charge in [0.05, 0.1) is 5.75 Å². The monoisotopic (exact) mass is 385 g/mol. The van der Waals surface area contributed by atoms with Gasteiger partial charge in [-0.25, -0.2) is 8.42 Å². The lowest BCUT2D eigenvalue weighted by molar-refractivity contribution is 0.604. The Hall–Kier alpha value is -1.30. The van der Waals surface area contributed by atoms with Crippen LogP contribution in [-0.4, -0.2) is 8.42 Å². The first-order chi connectivity index (χ1) is 9.85. The minimum atomic E-state index is -3.37. The number of benzene rings is 2. The fraction of sp³-hybridized carbons (Fsp3) is 0.0667. The number of nitrogens with two attached hydrogens (primary N) is 1. The summed E-state index contributed by atoms with van der Waals surface area (Å²) in [5.41, 5.74) is 7.57. The van der Waals surface area contributed by atoms with Crippen molar-refractivity contribution in [3.8, 4) is 0 Å². The average molecular weight is 387 g/mol. The number of rotatable bonds is 4. The maximum atomic E-state index is 12.1. The molecule has 0 saturated heterocycles. The molecule has 0 aromatic heterocycles. The predicted octanol–water partition coefficient (Wildman–Crippen LogP) is 4.27. The maximum Gasteiger partial charge on any atom is 0.175 e. The van der Waals surface area contributed by atoms with Crippen molar-refractivity contribution >= 4 is 49.1 Å². The Labute approximate surface area is 137 Å². The third-order valence-corrected chi connectivity index (χ3v) is 4.84. The van der Waals surface area contributed by atoms with Gasteiger partial charge in [-0.15, -0.1) is 0 Å². The quantitative estimate of drug-likeness (QED) is 0.798. The molecule has 6 heteroatoms. The van der Waals surface area contributed by atoms with E-state index < -0.39 is 9.84 Å². The first-order valence-corrected chi connectivity index (χ1v) is 8.95. The Kier molecular flexibility index (Phi) is 5.08. The van der Waals surface area contributed by atoms with Crippen LogP contribution < -0.4 is 5.73 Å². The van der Waals surface area contributed by atoms with Gasteiger partial charge in [-0.05, 0) is 47.5 Å². The molecule has 3 nitrogen and oxygen atoms in total. The van der Waals surface area contributed by atoms with E-state index in [0.717, 1.165) is 15.4 Å². The summed E-state index contributed by atoms with van der Waals surface area (Å²) in [6, 6.07) is 12.1. The van der Waals surface area contributed by atoms with Crippen molar-refractivity contribution in [3.63, 3.8) is 0 Å². The standard InChI is InChI=1S/C15H13BrClNO2S/c16-13-3-1-11(2-4-13)10-21(19,20)8-7-12-9-14(17)5-6-15(12)18/h1-9H,10,18H2/b8-7+. The zero-order valence-electron chi connectivity index (χ0n) is 11.0. The molecule has 2 rings (SSSR count). The van der Waals surface area contributed by atoms with Crippen LogP contribution in [0.1, 0.15) is 11.1 Å². The summed E-state index contributed by atoms with van der Waals surface area (Å²) < 4.78 is 25.1. The summed E-state index contributed by atoms with van der Waals surface area (Å²) in [5, 5.41) is 1.67. The highest BCUT2D eigenvalue weighted by molar-refractivity contribution is 9.10. The molecule has 0 bridgehead atoms. The lowest BCUT2D eigenvalue weighted by atomic mass is 10.2. The van der Waals surface area contributed by atoms with Crippen LogP contribution in [0.4, 0.5) is 5.69 Å². The van der Waals surface area contributed by atoms with Crippen molar-refractivity contribution in [1.29, 1.82) is 0 Å². The third-order valence-electron chi connectivity index (χ3n) is 2.78. The zero-order chi connectivity index (χ0) is 15.5. The lowest BCUT2D eigenvalue weighted by Gasteiger charge is -2.02. The van der Waals surface area contributed by atoms with E-state index >= 15 is 0 Å². The molecule has 0 saturated carbocycles. The second-order valence-electron chi connectivity index (χ2n) is 4.51. The van der Waals surface area contributed by atoms with E-state index in [9.17, 15) is 8.42 Å². The summed E-state index contributed by atoms with van der Waals surface area (Å²) in [5.74, 6) is -0.0583. The van der Waals surface area contributed by atoms with Gasteiger partial charge in [-0.3, -0.25) is 0 Å². The number of halogens is 2. The third kappa shape index (κ3) is 4.88. The molecule has 0 fully saturated rings. The van der Waals surface area contributed by atoms with E-state index in [0.29, 0.717) is 16.3 Å². The van der Waals surface area contributed by atoms with Crippen LogP contribution in [0.3, 0.4) is 0 Å². The minimum Gasteiger partial charge on any atom is -0.398 e. The number of sulfone groups is 1. The smallest absolute Gasteiger partial charge is 0.175 e. The molecule has 2 N–H and O–H groups in total. The minimum absolute atomic E-state index is 0.0583. The topological polar surface area (TPSA) is 60.2 Å². The van der Waals surface area contributed by atoms with E-state index in [1.807, 2.05) is 12.1 Å². The molecule has 0 aliphatic rings. The van der Waals surface area contributed by atoms with Gasteiger partial charge in [0.25, 0.3) is 0 Å². The van der Waals surface area contributed by atoms with E-state index in [1.165, 1.54) is 6.08 Å². The number of nitrogen functional groups attached to an aromatic ring is 1. The van der Waals surface area contributed by atoms with E-state index in [2.05, 4.69) is 15.9 Å². The molecule has 0 amide bonds. The normalized spacial score (nSPS) is 11.9. The fourth-order valence-corrected chi connectivity index (χ4v) is 3.28. The number of anilines is 1. The molecule has 0 heterocycles. The van der Waals surface area contributed by atoms with Gasteiger partial charge >= 0.3 is 0 Å². The van der Waals surface area contributed by atoms with Crippen molar-refractivity contribution in [3.05, 3.63) is 68.5 Å². The van der Waals surface area contributed by atoms with Crippen molar-refractivity contribution < 1.29 is 8.42 Å². The molecular formula is C15H13BrClNO2S. The molecule has 0 aliphatic carbocycles. The molecule has 0 aliphatic heterocycles. The van der Waals surface area contributed by atoms with Crippen LogP contribution in [0.15, 0.2) is 52.3 Å². The number of hydrogen-bond donors (Lipinski definition) is 1. The molecule has 0 atom stereocenters. The molecule has 0 spiro atoms. The fourth-order valence-electron chi connectivity index (χ4n) is 1.73. The van der Waals surface area contributed by atoms with Gasteiger partial charge in [0, 0.05) is 20.6 Å². The maximum absolute atomic E-state index is 12.1. The highest BCUT2D eigenvalue weighted by Crippen LogP contribution is 2.20. The second-order valence-corrected chi connectivity index (χ2v) is 7.75. The average Bonchev–Trinajstić information content (AvgIpc) is 2.42. The van der Waals surface area contributed by atoms with Crippen LogP contribution in [0.2, 0.25) is 5.02 Å². The van der Waals surface area contributed by atoms with Gasteiger partial charge in [0.2, 0.25) is 0 Å². The van der Waals surface area contributed by atoms with Gasteiger partial charge in [-0.1, -0.05) is 39.7 Å². The summed E-state index contributed by atoms with van der Waals surface area (Å²) >= 11 is 9.18. The van der Waals surface area contributed by atoms with Gasteiger partial charge in [-0.2, -0.15) is 0 Å². The molecule has 21 heavy (non-hydrogen) atoms. The first kappa shape index (κ1) is 16.1. The molecule has 110 valence electrons. The Morgan fingerprint density at radius 1 is 1.14 bits per heavy atom. The van der Waals surface area contributed by atoms with Gasteiger partial charge in [0.1, 0.15) is 0 Å². The molecule has 2 aromatic rings. The summed E-state index contributed by atoms with van der Waals surface area (Å²) in [4.78, 5) is 0. The highest BCUT2D eigenvalue weighted by Gasteiger charge is 2.08. The zero-order valence-corrected chi connectivity index (χ0v) is 14.1. The Morgan fingerprint density at radius 3 is 2.48 bits per heavy atom. The van der Waals surface area contributed by atoms with Gasteiger partial charge < -0.3 is 5.73 Å². The van der Waals surface area contributed by atoms with E-state index in [4.69, 9.17) is 17.3 Å². The van der Waals surface area contributed by atoms with Crippen molar-refractivity contribution in [2.45, 2.75) is 5.75 Å². The van der Waals surface area contributed by atoms with Crippen LogP contribution in [0.25, 0.3) is 6.08 Å². The highest BCUT2D eigenvalue weighted by atomic mass is 79.9. The number of hydrogen-bond acceptors (Lipinski definition) is 3.